The van der Waals surface area contributed by atoms with Crippen LogP contribution in [-0.2, 0) is 0 Å². The molecule has 0 radical (unpaired) electrons. The largest absolute Gasteiger partial charge is 0.492 e. The van der Waals surface area contributed by atoms with Crippen LogP contribution in [0.2, 0.25) is 0 Å². The summed E-state index contributed by atoms with van der Waals surface area (Å²) in [6.45, 7) is 0.534. The zero-order chi connectivity index (χ0) is 11.0. The zero-order valence-corrected chi connectivity index (χ0v) is 8.51. The van der Waals surface area contributed by atoms with Gasteiger partial charge < -0.3 is 9.72 Å². The van der Waals surface area contributed by atoms with E-state index in [4.69, 9.17) is 4.74 Å². The van der Waals surface area contributed by atoms with E-state index in [0.717, 1.165) is 11.3 Å². The highest BCUT2D eigenvalue weighted by Crippen LogP contribution is 2.35. The Labute approximate surface area is 91.9 Å². The van der Waals surface area contributed by atoms with Crippen molar-refractivity contribution in [2.24, 2.45) is 0 Å². The van der Waals surface area contributed by atoms with Gasteiger partial charge in [-0.3, -0.25) is 4.79 Å². The number of H-pyrrole nitrogens is 1. The molecule has 80 valence electrons. The molecule has 0 aliphatic carbocycles. The first-order valence-electron chi connectivity index (χ1n) is 5.11. The molecule has 0 saturated carbocycles. The number of hydrogen-bond acceptors (Lipinski definition) is 3. The lowest BCUT2D eigenvalue weighted by Crippen LogP contribution is -2.14. The first-order chi connectivity index (χ1) is 7.84. The van der Waals surface area contributed by atoms with Crippen LogP contribution in [0.3, 0.4) is 0 Å². The first-order valence-corrected chi connectivity index (χ1v) is 5.11. The summed E-state index contributed by atoms with van der Waals surface area (Å²) in [5, 5.41) is 0. The van der Waals surface area contributed by atoms with E-state index in [1.54, 1.807) is 0 Å². The first kappa shape index (κ1) is 9.15. The fourth-order valence-corrected chi connectivity index (χ4v) is 1.95. The SMILES string of the molecule is O=c1ccnc(C2COc3ccccc32)[nH]1. The van der Waals surface area contributed by atoms with E-state index < -0.39 is 0 Å². The number of hydrogen-bond donors (Lipinski definition) is 1. The molecule has 16 heavy (non-hydrogen) atoms. The molecule has 2 aromatic rings. The van der Waals surface area contributed by atoms with Crippen LogP contribution in [0.15, 0.2) is 41.3 Å². The van der Waals surface area contributed by atoms with Gasteiger partial charge in [0.1, 0.15) is 18.2 Å². The summed E-state index contributed by atoms with van der Waals surface area (Å²) in [7, 11) is 0. The highest BCUT2D eigenvalue weighted by atomic mass is 16.5. The maximum absolute atomic E-state index is 11.2. The number of rotatable bonds is 1. The van der Waals surface area contributed by atoms with E-state index in [-0.39, 0.29) is 11.5 Å². The van der Waals surface area contributed by atoms with Crippen LogP contribution in [0.4, 0.5) is 0 Å². The summed E-state index contributed by atoms with van der Waals surface area (Å²) in [5.41, 5.74) is 0.950. The monoisotopic (exact) mass is 214 g/mol. The van der Waals surface area contributed by atoms with Crippen LogP contribution in [0.25, 0.3) is 0 Å². The number of aromatic nitrogens is 2. The number of fused-ring (bicyclic) bond motifs is 1. The van der Waals surface area contributed by atoms with Crippen molar-refractivity contribution in [1.29, 1.82) is 0 Å². The number of ether oxygens (including phenoxy) is 1. The Morgan fingerprint density at radius 2 is 2.19 bits per heavy atom. The van der Waals surface area contributed by atoms with Crippen molar-refractivity contribution in [3.05, 3.63) is 58.3 Å². The van der Waals surface area contributed by atoms with Gasteiger partial charge in [0.2, 0.25) is 0 Å². The van der Waals surface area contributed by atoms with Crippen molar-refractivity contribution >= 4 is 0 Å². The molecule has 0 spiro atoms. The standard InChI is InChI=1S/C12H10N2O2/c15-11-5-6-13-12(14-11)9-7-16-10-4-2-1-3-8(9)10/h1-6,9H,7H2,(H,13,14,15). The van der Waals surface area contributed by atoms with Gasteiger partial charge in [-0.05, 0) is 6.07 Å². The van der Waals surface area contributed by atoms with Gasteiger partial charge in [0, 0.05) is 17.8 Å². The van der Waals surface area contributed by atoms with Gasteiger partial charge >= 0.3 is 0 Å². The fourth-order valence-electron chi connectivity index (χ4n) is 1.95. The van der Waals surface area contributed by atoms with E-state index in [1.165, 1.54) is 12.3 Å². The average Bonchev–Trinajstić information content (AvgIpc) is 2.72. The second-order valence-electron chi connectivity index (χ2n) is 3.72. The lowest BCUT2D eigenvalue weighted by Gasteiger charge is -2.06. The van der Waals surface area contributed by atoms with Crippen molar-refractivity contribution in [2.45, 2.75) is 5.92 Å². The quantitative estimate of drug-likeness (QED) is 0.778. The van der Waals surface area contributed by atoms with Crippen LogP contribution in [0, 0.1) is 0 Å². The Morgan fingerprint density at radius 1 is 1.31 bits per heavy atom. The summed E-state index contributed by atoms with van der Waals surface area (Å²) >= 11 is 0. The Morgan fingerprint density at radius 3 is 3.06 bits per heavy atom. The minimum atomic E-state index is -0.130. The molecule has 4 nitrogen and oxygen atoms in total. The average molecular weight is 214 g/mol. The lowest BCUT2D eigenvalue weighted by atomic mass is 10.0. The van der Waals surface area contributed by atoms with Gasteiger partial charge in [0.05, 0.1) is 5.92 Å². The summed E-state index contributed by atoms with van der Waals surface area (Å²) in [4.78, 5) is 18.2. The normalized spacial score (nSPS) is 17.9. The summed E-state index contributed by atoms with van der Waals surface area (Å²) in [6.07, 6.45) is 1.52. The minimum Gasteiger partial charge on any atom is -0.492 e. The van der Waals surface area contributed by atoms with E-state index in [0.29, 0.717) is 12.4 Å². The van der Waals surface area contributed by atoms with E-state index >= 15 is 0 Å². The van der Waals surface area contributed by atoms with Crippen LogP contribution >= 0.6 is 0 Å². The number of nitrogens with one attached hydrogen (secondary N) is 1. The van der Waals surface area contributed by atoms with E-state index in [9.17, 15) is 4.79 Å². The molecule has 2 heterocycles. The highest BCUT2D eigenvalue weighted by molar-refractivity contribution is 5.42. The summed E-state index contributed by atoms with van der Waals surface area (Å²) in [5.74, 6) is 1.57. The number of nitrogens with zero attached hydrogens (tertiary/aromatic N) is 1. The lowest BCUT2D eigenvalue weighted by molar-refractivity contribution is 0.339. The maximum Gasteiger partial charge on any atom is 0.250 e. The fraction of sp³-hybridized carbons (Fsp3) is 0.167. The molecule has 0 bridgehead atoms. The smallest absolute Gasteiger partial charge is 0.250 e. The molecule has 0 saturated heterocycles. The summed E-state index contributed by atoms with van der Waals surface area (Å²) < 4.78 is 5.54. The molecule has 1 aromatic heterocycles. The molecule has 0 amide bonds. The van der Waals surface area contributed by atoms with Crippen LogP contribution in [-0.4, -0.2) is 16.6 Å². The third-order valence-corrected chi connectivity index (χ3v) is 2.72. The van der Waals surface area contributed by atoms with Gasteiger partial charge in [0.25, 0.3) is 5.56 Å². The maximum atomic E-state index is 11.2. The predicted octanol–water partition coefficient (Wildman–Crippen LogP) is 1.29. The van der Waals surface area contributed by atoms with Crippen molar-refractivity contribution in [2.75, 3.05) is 6.61 Å². The summed E-state index contributed by atoms with van der Waals surface area (Å²) in [6, 6.07) is 9.23. The molecule has 1 aliphatic rings. The number of aromatic amines is 1. The van der Waals surface area contributed by atoms with Gasteiger partial charge in [-0.15, -0.1) is 0 Å². The van der Waals surface area contributed by atoms with Crippen LogP contribution in [0.5, 0.6) is 5.75 Å². The van der Waals surface area contributed by atoms with Gasteiger partial charge in [-0.25, -0.2) is 4.98 Å². The van der Waals surface area contributed by atoms with E-state index in [2.05, 4.69) is 9.97 Å². The Bertz CT molecular complexity index is 577. The topological polar surface area (TPSA) is 55.0 Å². The van der Waals surface area contributed by atoms with Gasteiger partial charge in [0.15, 0.2) is 0 Å². The highest BCUT2D eigenvalue weighted by Gasteiger charge is 2.26. The van der Waals surface area contributed by atoms with Crippen molar-refractivity contribution in [3.63, 3.8) is 0 Å². The van der Waals surface area contributed by atoms with Gasteiger partial charge in [-0.2, -0.15) is 0 Å². The predicted molar refractivity (Wildman–Crippen MR) is 58.6 cm³/mol. The van der Waals surface area contributed by atoms with Crippen molar-refractivity contribution in [1.82, 2.24) is 9.97 Å². The van der Waals surface area contributed by atoms with Crippen LogP contribution < -0.4 is 10.3 Å². The molecule has 1 atom stereocenters. The molecule has 1 N–H and O–H groups in total. The second-order valence-corrected chi connectivity index (χ2v) is 3.72. The van der Waals surface area contributed by atoms with E-state index in [1.807, 2.05) is 24.3 Å². The molecular formula is C12H10N2O2. The molecule has 0 fully saturated rings. The Kier molecular flexibility index (Phi) is 1.99. The molecule has 3 rings (SSSR count). The zero-order valence-electron chi connectivity index (χ0n) is 8.51. The second kappa shape index (κ2) is 3.48. The third-order valence-electron chi connectivity index (χ3n) is 2.72. The van der Waals surface area contributed by atoms with Gasteiger partial charge in [-0.1, -0.05) is 18.2 Å². The number of benzene rings is 1. The Balaban J connectivity index is 2.08. The molecular weight excluding hydrogens is 204 g/mol. The number of para-hydroxylation sites is 1. The molecule has 1 aliphatic heterocycles. The molecule has 1 aromatic carbocycles. The van der Waals surface area contributed by atoms with Crippen molar-refractivity contribution < 1.29 is 4.74 Å². The molecule has 4 heteroatoms. The third kappa shape index (κ3) is 1.39. The van der Waals surface area contributed by atoms with Crippen molar-refractivity contribution in [3.8, 4) is 5.75 Å². The Hall–Kier alpha value is -2.10. The van der Waals surface area contributed by atoms with Crippen LogP contribution in [0.1, 0.15) is 17.3 Å². The molecule has 1 unspecified atom stereocenters. The minimum absolute atomic E-state index is 0.0325.